The number of hydrogen-bond donors (Lipinski definition) is 2. The van der Waals surface area contributed by atoms with Gasteiger partial charge in [0.25, 0.3) is 0 Å². The summed E-state index contributed by atoms with van der Waals surface area (Å²) in [6.45, 7) is 0. The lowest BCUT2D eigenvalue weighted by atomic mass is 10.1. The van der Waals surface area contributed by atoms with Gasteiger partial charge in [-0.05, 0) is 59.0 Å². The Balaban J connectivity index is 0.941. The van der Waals surface area contributed by atoms with E-state index < -0.39 is 0 Å². The molecule has 0 aliphatic heterocycles. The summed E-state index contributed by atoms with van der Waals surface area (Å²) in [6.07, 6.45) is 0. The largest absolute Gasteiger partial charge is 0.456 e. The number of furan rings is 1. The van der Waals surface area contributed by atoms with Crippen LogP contribution in [0.3, 0.4) is 0 Å². The number of fused-ring (bicyclic) bond motifs is 4. The van der Waals surface area contributed by atoms with E-state index in [9.17, 15) is 9.59 Å². The van der Waals surface area contributed by atoms with Gasteiger partial charge in [-0.15, -0.1) is 16.4 Å². The zero-order valence-electron chi connectivity index (χ0n) is 22.3. The molecule has 2 amide bonds. The van der Waals surface area contributed by atoms with Crippen LogP contribution in [0.15, 0.2) is 105 Å². The number of amides is 2. The maximum absolute atomic E-state index is 12.7. The van der Waals surface area contributed by atoms with Crippen LogP contribution in [0, 0.1) is 0 Å². The van der Waals surface area contributed by atoms with Gasteiger partial charge in [-0.2, -0.15) is 4.68 Å². The quantitative estimate of drug-likeness (QED) is 0.170. The number of nitrogens with zero attached hydrogens (tertiary/aromatic N) is 5. The number of tetrazole rings is 1. The second kappa shape index (κ2) is 11.9. The van der Waals surface area contributed by atoms with Crippen molar-refractivity contribution < 1.29 is 14.0 Å². The monoisotopic (exact) mass is 623 g/mol. The van der Waals surface area contributed by atoms with E-state index in [1.54, 1.807) is 4.68 Å². The maximum atomic E-state index is 12.7. The van der Waals surface area contributed by atoms with Crippen LogP contribution in [0.4, 0.5) is 11.4 Å². The van der Waals surface area contributed by atoms with E-state index in [0.717, 1.165) is 42.2 Å². The van der Waals surface area contributed by atoms with Crippen molar-refractivity contribution in [2.75, 3.05) is 22.1 Å². The van der Waals surface area contributed by atoms with Crippen molar-refractivity contribution in [3.8, 4) is 5.69 Å². The maximum Gasteiger partial charge on any atom is 0.234 e. The fourth-order valence-corrected chi connectivity index (χ4v) is 7.10. The molecule has 3 aromatic heterocycles. The van der Waals surface area contributed by atoms with Gasteiger partial charge in [0.05, 0.1) is 27.4 Å². The van der Waals surface area contributed by atoms with Crippen LogP contribution in [0.1, 0.15) is 0 Å². The van der Waals surface area contributed by atoms with Crippen molar-refractivity contribution in [1.82, 2.24) is 25.2 Å². The van der Waals surface area contributed by atoms with Crippen molar-refractivity contribution in [1.29, 1.82) is 0 Å². The van der Waals surface area contributed by atoms with Crippen molar-refractivity contribution in [3.05, 3.63) is 91.0 Å². The normalized spacial score (nSPS) is 11.3. The molecule has 0 atom stereocenters. The van der Waals surface area contributed by atoms with Gasteiger partial charge in [0.15, 0.2) is 4.34 Å². The van der Waals surface area contributed by atoms with Crippen LogP contribution in [0.25, 0.3) is 37.8 Å². The van der Waals surface area contributed by atoms with E-state index in [2.05, 4.69) is 31.1 Å². The molecule has 0 fully saturated rings. The predicted molar refractivity (Wildman–Crippen MR) is 171 cm³/mol. The van der Waals surface area contributed by atoms with Gasteiger partial charge >= 0.3 is 0 Å². The first-order valence-electron chi connectivity index (χ1n) is 13.1. The van der Waals surface area contributed by atoms with Crippen molar-refractivity contribution >= 4 is 90.2 Å². The van der Waals surface area contributed by atoms with E-state index in [0.29, 0.717) is 16.5 Å². The molecule has 2 N–H and O–H groups in total. The number of para-hydroxylation sites is 2. The van der Waals surface area contributed by atoms with Gasteiger partial charge in [0.1, 0.15) is 11.2 Å². The first-order chi connectivity index (χ1) is 21.1. The molecule has 10 nitrogen and oxygen atoms in total. The Kier molecular flexibility index (Phi) is 7.49. The van der Waals surface area contributed by atoms with Crippen LogP contribution >= 0.6 is 34.9 Å². The Morgan fingerprint density at radius 2 is 1.51 bits per heavy atom. The number of aromatic nitrogens is 5. The highest BCUT2D eigenvalue weighted by Crippen LogP contribution is 2.33. The highest BCUT2D eigenvalue weighted by molar-refractivity contribution is 8.01. The molecular formula is C30H21N7O3S3. The number of thioether (sulfide) groups is 2. The number of rotatable bonds is 9. The van der Waals surface area contributed by atoms with Gasteiger partial charge in [-0.1, -0.05) is 59.9 Å². The number of thiazole rings is 1. The molecule has 0 bridgehead atoms. The molecule has 7 aromatic rings. The second-order valence-corrected chi connectivity index (χ2v) is 12.5. The van der Waals surface area contributed by atoms with Crippen molar-refractivity contribution in [2.45, 2.75) is 9.50 Å². The van der Waals surface area contributed by atoms with Crippen LogP contribution in [-0.2, 0) is 9.59 Å². The van der Waals surface area contributed by atoms with Crippen LogP contribution in [0.5, 0.6) is 0 Å². The lowest BCUT2D eigenvalue weighted by Crippen LogP contribution is -2.14. The third kappa shape index (κ3) is 5.95. The van der Waals surface area contributed by atoms with Gasteiger partial charge in [-0.25, -0.2) is 4.98 Å². The summed E-state index contributed by atoms with van der Waals surface area (Å²) in [5.74, 6) is 0.0429. The van der Waals surface area contributed by atoms with Crippen molar-refractivity contribution in [2.24, 2.45) is 0 Å². The number of anilines is 2. The number of carbonyl (C=O) groups is 2. The Morgan fingerprint density at radius 3 is 2.37 bits per heavy atom. The Morgan fingerprint density at radius 1 is 0.791 bits per heavy atom. The minimum atomic E-state index is -0.177. The molecule has 0 unspecified atom stereocenters. The smallest absolute Gasteiger partial charge is 0.234 e. The van der Waals surface area contributed by atoms with E-state index in [1.165, 1.54) is 34.9 Å². The Hall–Kier alpha value is -4.72. The summed E-state index contributed by atoms with van der Waals surface area (Å²) in [7, 11) is 0. The number of benzene rings is 4. The van der Waals surface area contributed by atoms with E-state index in [4.69, 9.17) is 4.42 Å². The molecule has 0 saturated carbocycles. The molecule has 43 heavy (non-hydrogen) atoms. The molecule has 13 heteroatoms. The van der Waals surface area contributed by atoms with E-state index in [-0.39, 0.29) is 23.3 Å². The number of hydrogen-bond acceptors (Lipinski definition) is 10. The van der Waals surface area contributed by atoms with E-state index >= 15 is 0 Å². The highest BCUT2D eigenvalue weighted by atomic mass is 32.2. The minimum absolute atomic E-state index is 0.136. The minimum Gasteiger partial charge on any atom is -0.456 e. The second-order valence-electron chi connectivity index (χ2n) is 9.35. The fourth-order valence-electron chi connectivity index (χ4n) is 4.50. The molecular weight excluding hydrogens is 603 g/mol. The molecule has 3 heterocycles. The van der Waals surface area contributed by atoms with Gasteiger partial charge < -0.3 is 15.1 Å². The van der Waals surface area contributed by atoms with Gasteiger partial charge in [0, 0.05) is 28.2 Å². The zero-order chi connectivity index (χ0) is 29.2. The zero-order valence-corrected chi connectivity index (χ0v) is 24.7. The summed E-state index contributed by atoms with van der Waals surface area (Å²) in [6, 6.07) is 28.6. The first kappa shape index (κ1) is 27.1. The fraction of sp³-hybridized carbons (Fsp3) is 0.0667. The molecule has 212 valence electrons. The molecule has 7 rings (SSSR count). The van der Waals surface area contributed by atoms with Gasteiger partial charge in [0.2, 0.25) is 17.0 Å². The van der Waals surface area contributed by atoms with E-state index in [1.807, 2.05) is 91.0 Å². The summed E-state index contributed by atoms with van der Waals surface area (Å²) in [4.78, 5) is 30.0. The van der Waals surface area contributed by atoms with Crippen LogP contribution < -0.4 is 10.6 Å². The topological polar surface area (TPSA) is 128 Å². The molecule has 0 aliphatic carbocycles. The summed E-state index contributed by atoms with van der Waals surface area (Å²) in [5, 5.41) is 20.2. The SMILES string of the molecule is O=C(CSc1nc2ccc(NC(=O)CSc3nnnn3-c3ccccc3)cc2s1)Nc1ccc2c(c1)oc1ccccc12. The predicted octanol–water partition coefficient (Wildman–Crippen LogP) is 6.63. The highest BCUT2D eigenvalue weighted by Gasteiger charge is 2.14. The first-order valence-corrected chi connectivity index (χ1v) is 15.9. The van der Waals surface area contributed by atoms with Crippen LogP contribution in [0.2, 0.25) is 0 Å². The Labute approximate surface area is 256 Å². The number of nitrogens with one attached hydrogen (secondary N) is 2. The molecule has 0 aliphatic rings. The third-order valence-corrected chi connectivity index (χ3v) is 9.50. The summed E-state index contributed by atoms with van der Waals surface area (Å²) >= 11 is 4.09. The number of carbonyl (C=O) groups excluding carboxylic acids is 2. The third-order valence-electron chi connectivity index (χ3n) is 6.42. The average molecular weight is 624 g/mol. The average Bonchev–Trinajstić information content (AvgIpc) is 3.75. The molecule has 4 aromatic carbocycles. The lowest BCUT2D eigenvalue weighted by Gasteiger charge is -2.06. The lowest BCUT2D eigenvalue weighted by molar-refractivity contribution is -0.114. The molecule has 0 saturated heterocycles. The molecule has 0 radical (unpaired) electrons. The summed E-state index contributed by atoms with van der Waals surface area (Å²) in [5.41, 5.74) is 4.51. The standard InChI is InChI=1S/C30H21N7O3S3/c38-27(16-41-29-34-35-36-37(29)20-6-2-1-3-7-20)32-19-11-13-23-26(15-19)43-30(33-23)42-17-28(39)31-18-10-12-22-21-8-4-5-9-24(21)40-25(22)14-18/h1-15H,16-17H2,(H,31,39)(H,32,38). The van der Waals surface area contributed by atoms with Crippen LogP contribution in [-0.4, -0.2) is 48.5 Å². The van der Waals surface area contributed by atoms with Crippen molar-refractivity contribution in [3.63, 3.8) is 0 Å². The molecule has 0 spiro atoms. The Bertz CT molecular complexity index is 2110. The van der Waals surface area contributed by atoms with Gasteiger partial charge in [-0.3, -0.25) is 9.59 Å². The summed E-state index contributed by atoms with van der Waals surface area (Å²) < 4.78 is 9.20.